The number of carboxylic acid groups (broad SMARTS) is 1. The number of carboxylic acids is 1. The summed E-state index contributed by atoms with van der Waals surface area (Å²) >= 11 is 0. The summed E-state index contributed by atoms with van der Waals surface area (Å²) in [5.41, 5.74) is 2.42. The van der Waals surface area contributed by atoms with Crippen LogP contribution in [0.3, 0.4) is 0 Å². The van der Waals surface area contributed by atoms with Crippen LogP contribution in [-0.4, -0.2) is 17.2 Å². The van der Waals surface area contributed by atoms with Crippen LogP contribution < -0.4 is 0 Å². The van der Waals surface area contributed by atoms with Gasteiger partial charge in [0, 0.05) is 0 Å². The predicted octanol–water partition coefficient (Wildman–Crippen LogP) is 3.79. The Kier molecular flexibility index (Phi) is 4.59. The second-order valence-electron chi connectivity index (χ2n) is 5.56. The van der Waals surface area contributed by atoms with Crippen LogP contribution >= 0.6 is 0 Å². The van der Waals surface area contributed by atoms with Crippen LogP contribution in [0.15, 0.2) is 18.2 Å². The fourth-order valence-corrected chi connectivity index (χ4v) is 2.72. The van der Waals surface area contributed by atoms with E-state index < -0.39 is 5.97 Å². The summed E-state index contributed by atoms with van der Waals surface area (Å²) in [6.07, 6.45) is 5.32. The third-order valence-corrected chi connectivity index (χ3v) is 4.08. The largest absolute Gasteiger partial charge is 0.478 e. The summed E-state index contributed by atoms with van der Waals surface area (Å²) in [6.45, 7) is 4.78. The molecule has 1 N–H and O–H groups in total. The number of carbonyl (C=O) groups is 1. The van der Waals surface area contributed by atoms with Crippen molar-refractivity contribution in [1.29, 1.82) is 0 Å². The summed E-state index contributed by atoms with van der Waals surface area (Å²) in [6, 6.07) is 5.23. The monoisotopic (exact) mass is 262 g/mol. The highest BCUT2D eigenvalue weighted by Crippen LogP contribution is 2.27. The van der Waals surface area contributed by atoms with Crippen molar-refractivity contribution in [2.24, 2.45) is 5.92 Å². The average molecular weight is 262 g/mol. The minimum atomic E-state index is -0.878. The lowest BCUT2D eigenvalue weighted by Crippen LogP contribution is -2.25. The molecule has 2 rings (SSSR count). The number of aromatic carboxylic acids is 1. The number of aryl methyl sites for hydroxylation is 1. The van der Waals surface area contributed by atoms with Gasteiger partial charge < -0.3 is 9.84 Å². The highest BCUT2D eigenvalue weighted by Gasteiger charge is 2.21. The highest BCUT2D eigenvalue weighted by atomic mass is 16.5. The molecule has 0 spiro atoms. The maximum Gasteiger partial charge on any atom is 0.335 e. The van der Waals surface area contributed by atoms with Crippen LogP contribution in [0.2, 0.25) is 0 Å². The molecule has 1 aliphatic carbocycles. The molecule has 0 bridgehead atoms. The number of ether oxygens (including phenoxy) is 1. The van der Waals surface area contributed by atoms with Crippen molar-refractivity contribution in [2.75, 3.05) is 0 Å². The van der Waals surface area contributed by atoms with Crippen molar-refractivity contribution in [1.82, 2.24) is 0 Å². The normalized spacial score (nSPS) is 23.3. The predicted molar refractivity (Wildman–Crippen MR) is 74.3 cm³/mol. The molecule has 3 heteroatoms. The first-order valence-electron chi connectivity index (χ1n) is 7.02. The van der Waals surface area contributed by atoms with Gasteiger partial charge in [-0.05, 0) is 48.9 Å². The van der Waals surface area contributed by atoms with E-state index >= 15 is 0 Å². The molecule has 0 aromatic heterocycles. The molecule has 104 valence electrons. The highest BCUT2D eigenvalue weighted by molar-refractivity contribution is 5.87. The van der Waals surface area contributed by atoms with Crippen molar-refractivity contribution < 1.29 is 14.6 Å². The van der Waals surface area contributed by atoms with Crippen LogP contribution in [0.25, 0.3) is 0 Å². The zero-order chi connectivity index (χ0) is 13.8. The molecule has 19 heavy (non-hydrogen) atoms. The van der Waals surface area contributed by atoms with E-state index in [1.807, 2.05) is 13.0 Å². The summed E-state index contributed by atoms with van der Waals surface area (Å²) < 4.78 is 6.02. The molecule has 0 amide bonds. The Morgan fingerprint density at radius 1 is 1.37 bits per heavy atom. The molecule has 1 fully saturated rings. The van der Waals surface area contributed by atoms with Gasteiger partial charge >= 0.3 is 5.97 Å². The van der Waals surface area contributed by atoms with Gasteiger partial charge in [0.25, 0.3) is 0 Å². The van der Waals surface area contributed by atoms with E-state index in [2.05, 4.69) is 6.92 Å². The van der Waals surface area contributed by atoms with Crippen LogP contribution in [0.4, 0.5) is 0 Å². The number of hydrogen-bond acceptors (Lipinski definition) is 2. The van der Waals surface area contributed by atoms with Gasteiger partial charge in [-0.15, -0.1) is 0 Å². The second-order valence-corrected chi connectivity index (χ2v) is 5.56. The Morgan fingerprint density at radius 2 is 2.11 bits per heavy atom. The third kappa shape index (κ3) is 3.57. The van der Waals surface area contributed by atoms with Gasteiger partial charge in [0.2, 0.25) is 0 Å². The topological polar surface area (TPSA) is 46.5 Å². The van der Waals surface area contributed by atoms with E-state index in [1.54, 1.807) is 12.1 Å². The minimum Gasteiger partial charge on any atom is -0.478 e. The second kappa shape index (κ2) is 6.20. The van der Waals surface area contributed by atoms with Gasteiger partial charge in [-0.3, -0.25) is 0 Å². The smallest absolute Gasteiger partial charge is 0.335 e. The molecule has 2 unspecified atom stereocenters. The molecule has 1 saturated carbocycles. The van der Waals surface area contributed by atoms with Gasteiger partial charge in [0.05, 0.1) is 18.3 Å². The molecule has 0 aliphatic heterocycles. The molecule has 3 nitrogen and oxygen atoms in total. The van der Waals surface area contributed by atoms with Crippen LogP contribution in [0, 0.1) is 12.8 Å². The lowest BCUT2D eigenvalue weighted by Gasteiger charge is -2.29. The van der Waals surface area contributed by atoms with Gasteiger partial charge in [-0.25, -0.2) is 4.79 Å². The molecule has 0 heterocycles. The quantitative estimate of drug-likeness (QED) is 0.898. The molecule has 0 saturated heterocycles. The van der Waals surface area contributed by atoms with E-state index in [1.165, 1.54) is 19.3 Å². The average Bonchev–Trinajstić information content (AvgIpc) is 2.39. The van der Waals surface area contributed by atoms with Crippen molar-refractivity contribution in [2.45, 2.75) is 52.2 Å². The lowest BCUT2D eigenvalue weighted by molar-refractivity contribution is -0.0156. The van der Waals surface area contributed by atoms with Gasteiger partial charge in [-0.1, -0.05) is 25.8 Å². The van der Waals surface area contributed by atoms with Crippen molar-refractivity contribution in [3.8, 4) is 0 Å². The third-order valence-electron chi connectivity index (χ3n) is 4.08. The first-order chi connectivity index (χ1) is 9.08. The van der Waals surface area contributed by atoms with Crippen molar-refractivity contribution in [3.05, 3.63) is 34.9 Å². The SMILES string of the molecule is Cc1cc(C(=O)O)ccc1COC1CCCCC1C. The molecule has 1 aliphatic rings. The Bertz CT molecular complexity index is 453. The van der Waals surface area contributed by atoms with Gasteiger partial charge in [-0.2, -0.15) is 0 Å². The standard InChI is InChI=1S/C16H22O3/c1-11-5-3-4-6-15(11)19-10-14-8-7-13(16(17)18)9-12(14)2/h7-9,11,15H,3-6,10H2,1-2H3,(H,17,18). The molecular formula is C16H22O3. The van der Waals surface area contributed by atoms with E-state index in [4.69, 9.17) is 9.84 Å². The number of rotatable bonds is 4. The zero-order valence-corrected chi connectivity index (χ0v) is 11.7. The van der Waals surface area contributed by atoms with E-state index in [0.29, 0.717) is 24.2 Å². The molecule has 1 aromatic rings. The zero-order valence-electron chi connectivity index (χ0n) is 11.7. The fraction of sp³-hybridized carbons (Fsp3) is 0.562. The molecule has 1 aromatic carbocycles. The maximum absolute atomic E-state index is 10.9. The molecule has 2 atom stereocenters. The van der Waals surface area contributed by atoms with Crippen LogP contribution in [0.1, 0.15) is 54.1 Å². The Hall–Kier alpha value is -1.35. The van der Waals surface area contributed by atoms with E-state index in [-0.39, 0.29) is 0 Å². The van der Waals surface area contributed by atoms with Crippen LogP contribution in [-0.2, 0) is 11.3 Å². The lowest BCUT2D eigenvalue weighted by atomic mass is 9.88. The van der Waals surface area contributed by atoms with Crippen LogP contribution in [0.5, 0.6) is 0 Å². The van der Waals surface area contributed by atoms with Crippen molar-refractivity contribution in [3.63, 3.8) is 0 Å². The number of hydrogen-bond donors (Lipinski definition) is 1. The van der Waals surface area contributed by atoms with Gasteiger partial charge in [0.1, 0.15) is 0 Å². The van der Waals surface area contributed by atoms with E-state index in [9.17, 15) is 4.79 Å². The summed E-state index contributed by atoms with van der Waals surface area (Å²) in [4.78, 5) is 10.9. The minimum absolute atomic E-state index is 0.340. The molecule has 0 radical (unpaired) electrons. The van der Waals surface area contributed by atoms with Gasteiger partial charge in [0.15, 0.2) is 0 Å². The number of benzene rings is 1. The summed E-state index contributed by atoms with van der Waals surface area (Å²) in [7, 11) is 0. The first-order valence-corrected chi connectivity index (χ1v) is 7.02. The Labute approximate surface area is 114 Å². The Morgan fingerprint density at radius 3 is 2.74 bits per heavy atom. The fourth-order valence-electron chi connectivity index (χ4n) is 2.72. The Balaban J connectivity index is 1.97. The first kappa shape index (κ1) is 14.1. The maximum atomic E-state index is 10.9. The van der Waals surface area contributed by atoms with Crippen molar-refractivity contribution >= 4 is 5.97 Å². The summed E-state index contributed by atoms with van der Waals surface area (Å²) in [5.74, 6) is -0.246. The van der Waals surface area contributed by atoms with E-state index in [0.717, 1.165) is 17.5 Å². The summed E-state index contributed by atoms with van der Waals surface area (Å²) in [5, 5.41) is 8.94. The molecular weight excluding hydrogens is 240 g/mol.